The number of carbonyl (C=O) groups is 4. The van der Waals surface area contributed by atoms with E-state index in [2.05, 4.69) is 54.0 Å². The van der Waals surface area contributed by atoms with Crippen LogP contribution in [0.2, 0.25) is 0 Å². The second-order valence-corrected chi connectivity index (χ2v) is 19.6. The molecule has 3 N–H and O–H groups in total. The minimum Gasteiger partial charge on any atom is -0.375 e. The van der Waals surface area contributed by atoms with Crippen LogP contribution in [0, 0.1) is 0 Å². The van der Waals surface area contributed by atoms with E-state index in [1.807, 2.05) is 105 Å². The molecular weight excluding hydrogens is 747 g/mol. The molecular formula is C42H61N7O5S2. The van der Waals surface area contributed by atoms with Gasteiger partial charge in [0.25, 0.3) is 0 Å². The first kappa shape index (κ1) is 44.8. The number of ether oxygens (including phenoxy) is 1. The number of nitrogens with one attached hydrogen (secondary N) is 3. The number of benzene rings is 2. The molecule has 0 bridgehead atoms. The van der Waals surface area contributed by atoms with Crippen LogP contribution in [-0.4, -0.2) is 79.5 Å². The Hall–Kier alpha value is -3.88. The molecule has 0 radical (unpaired) electrons. The van der Waals surface area contributed by atoms with E-state index in [0.717, 1.165) is 41.0 Å². The van der Waals surface area contributed by atoms with Crippen molar-refractivity contribution < 1.29 is 23.9 Å². The number of fused-ring (bicyclic) bond motifs is 5. The molecule has 2 aromatic carbocycles. The van der Waals surface area contributed by atoms with Gasteiger partial charge in [0.15, 0.2) is 0 Å². The predicted octanol–water partition coefficient (Wildman–Crippen LogP) is 7.31. The van der Waals surface area contributed by atoms with Gasteiger partial charge >= 0.3 is 0 Å². The van der Waals surface area contributed by atoms with E-state index in [1.165, 1.54) is 0 Å². The molecule has 14 heteroatoms. The first-order chi connectivity index (χ1) is 26.4. The first-order valence-corrected chi connectivity index (χ1v) is 22.0. The summed E-state index contributed by atoms with van der Waals surface area (Å²) in [7, 11) is 3.63. The average molecular weight is 808 g/mol. The molecule has 0 unspecified atom stereocenters. The molecule has 2 heterocycles. The summed E-state index contributed by atoms with van der Waals surface area (Å²) < 4.78 is 7.91. The van der Waals surface area contributed by atoms with Gasteiger partial charge in [-0.15, -0.1) is 5.10 Å². The highest BCUT2D eigenvalue weighted by atomic mass is 33.1. The standard InChI is InChI=1S/C42H61N7O5S2/c1-10-43-34(50)21-22-42(8,9)56-55-26-24-41(6,7)54-25-23-40(4,5)45-35(51)19-20-37(53)48-27-30-15-11-12-16-31(30)39-38(32-17-13-14-18-33(32)48)46-47-49(39)28-36(52)44-29(2)3/h11-18,29H,10,19-28H2,1-9H3,(H,43,50)(H,44,52)(H,45,51). The highest BCUT2D eigenvalue weighted by Gasteiger charge is 2.31. The van der Waals surface area contributed by atoms with Gasteiger partial charge < -0.3 is 25.6 Å². The van der Waals surface area contributed by atoms with E-state index in [-0.39, 0.29) is 65.9 Å². The fourth-order valence-electron chi connectivity index (χ4n) is 6.39. The summed E-state index contributed by atoms with van der Waals surface area (Å²) in [5, 5.41) is 17.8. The molecule has 0 saturated heterocycles. The third-order valence-electron chi connectivity index (χ3n) is 9.49. The molecule has 1 aliphatic heterocycles. The fourth-order valence-corrected chi connectivity index (χ4v) is 9.26. The number of anilines is 1. The van der Waals surface area contributed by atoms with E-state index < -0.39 is 5.54 Å². The number of hydrogen-bond acceptors (Lipinski definition) is 9. The summed E-state index contributed by atoms with van der Waals surface area (Å²) in [6.07, 6.45) is 2.89. The van der Waals surface area contributed by atoms with Gasteiger partial charge in [0.1, 0.15) is 12.2 Å². The summed E-state index contributed by atoms with van der Waals surface area (Å²) in [6, 6.07) is 15.3. The number of nitrogens with zero attached hydrogens (tertiary/aromatic N) is 4. The molecule has 0 fully saturated rings. The third-order valence-corrected chi connectivity index (χ3v) is 12.8. The minimum absolute atomic E-state index is 0.00296. The summed E-state index contributed by atoms with van der Waals surface area (Å²) in [5.41, 5.74) is 3.56. The Morgan fingerprint density at radius 2 is 1.55 bits per heavy atom. The average Bonchev–Trinajstić information content (AvgIpc) is 3.51. The Labute approximate surface area is 340 Å². The Kier molecular flexibility index (Phi) is 16.0. The lowest BCUT2D eigenvalue weighted by Gasteiger charge is -2.31. The third kappa shape index (κ3) is 13.4. The fraction of sp³-hybridized carbons (Fsp3) is 0.571. The second-order valence-electron chi connectivity index (χ2n) is 16.5. The highest BCUT2D eigenvalue weighted by molar-refractivity contribution is 8.77. The Morgan fingerprint density at radius 1 is 0.857 bits per heavy atom. The van der Waals surface area contributed by atoms with Crippen molar-refractivity contribution in [1.82, 2.24) is 30.9 Å². The Morgan fingerprint density at radius 3 is 2.27 bits per heavy atom. The lowest BCUT2D eigenvalue weighted by atomic mass is 9.95. The molecule has 306 valence electrons. The molecule has 0 aliphatic carbocycles. The number of aromatic nitrogens is 3. The largest absolute Gasteiger partial charge is 0.375 e. The second kappa shape index (κ2) is 20.0. The van der Waals surface area contributed by atoms with Crippen LogP contribution in [0.25, 0.3) is 22.5 Å². The van der Waals surface area contributed by atoms with Crippen LogP contribution in [0.5, 0.6) is 0 Å². The maximum atomic E-state index is 14.0. The van der Waals surface area contributed by atoms with Crippen LogP contribution >= 0.6 is 21.6 Å². The van der Waals surface area contributed by atoms with E-state index >= 15 is 0 Å². The smallest absolute Gasteiger partial charge is 0.242 e. The van der Waals surface area contributed by atoms with Crippen LogP contribution in [-0.2, 0) is 37.0 Å². The van der Waals surface area contributed by atoms with Crippen molar-refractivity contribution in [2.24, 2.45) is 0 Å². The Balaban J connectivity index is 1.32. The van der Waals surface area contributed by atoms with Gasteiger partial charge in [-0.25, -0.2) is 4.68 Å². The van der Waals surface area contributed by atoms with Crippen LogP contribution < -0.4 is 20.9 Å². The molecule has 0 spiro atoms. The van der Waals surface area contributed by atoms with Gasteiger partial charge in [-0.2, -0.15) is 0 Å². The quantitative estimate of drug-likeness (QED) is 0.0790. The molecule has 0 saturated carbocycles. The van der Waals surface area contributed by atoms with Gasteiger partial charge in [0.05, 0.1) is 23.5 Å². The first-order valence-electron chi connectivity index (χ1n) is 19.6. The number of para-hydroxylation sites is 1. The van der Waals surface area contributed by atoms with Gasteiger partial charge in [-0.05, 0) is 93.2 Å². The highest BCUT2D eigenvalue weighted by Crippen LogP contribution is 2.42. The zero-order chi connectivity index (χ0) is 41.1. The van der Waals surface area contributed by atoms with Gasteiger partial charge in [0, 0.05) is 65.6 Å². The van der Waals surface area contributed by atoms with Gasteiger partial charge in [-0.3, -0.25) is 19.2 Å². The van der Waals surface area contributed by atoms with Gasteiger partial charge in [-0.1, -0.05) is 69.3 Å². The Bertz CT molecular complexity index is 1820. The SMILES string of the molecule is CCNC(=O)CCC(C)(C)SSCCC(C)(C)OCCC(C)(C)NC(=O)CCC(=O)N1Cc2ccccc2-c2c(nnn2CC(=O)NC(C)C)-c2ccccc21. The zero-order valence-corrected chi connectivity index (χ0v) is 36.3. The van der Waals surface area contributed by atoms with E-state index in [0.29, 0.717) is 37.4 Å². The van der Waals surface area contributed by atoms with Crippen molar-refractivity contribution in [1.29, 1.82) is 0 Å². The molecule has 1 aromatic heterocycles. The number of hydrogen-bond donors (Lipinski definition) is 3. The number of carbonyl (C=O) groups excluding carboxylic acids is 4. The van der Waals surface area contributed by atoms with Crippen LogP contribution in [0.1, 0.15) is 106 Å². The lowest BCUT2D eigenvalue weighted by Crippen LogP contribution is -2.45. The van der Waals surface area contributed by atoms with Crippen molar-refractivity contribution in [3.05, 3.63) is 54.1 Å². The van der Waals surface area contributed by atoms with Gasteiger partial charge in [0.2, 0.25) is 23.6 Å². The topological polar surface area (TPSA) is 148 Å². The molecule has 1 aliphatic rings. The monoisotopic (exact) mass is 807 g/mol. The predicted molar refractivity (Wildman–Crippen MR) is 228 cm³/mol. The minimum atomic E-state index is -0.532. The van der Waals surface area contributed by atoms with Crippen molar-refractivity contribution in [3.63, 3.8) is 0 Å². The molecule has 3 aromatic rings. The van der Waals surface area contributed by atoms with E-state index in [1.54, 1.807) is 9.58 Å². The maximum Gasteiger partial charge on any atom is 0.242 e. The number of amides is 4. The van der Waals surface area contributed by atoms with Crippen LogP contribution in [0.15, 0.2) is 48.5 Å². The van der Waals surface area contributed by atoms with Crippen molar-refractivity contribution in [3.8, 4) is 22.5 Å². The van der Waals surface area contributed by atoms with E-state index in [9.17, 15) is 19.2 Å². The van der Waals surface area contributed by atoms with Crippen molar-refractivity contribution >= 4 is 50.9 Å². The van der Waals surface area contributed by atoms with Crippen molar-refractivity contribution in [2.45, 2.75) is 136 Å². The zero-order valence-electron chi connectivity index (χ0n) is 34.6. The van der Waals surface area contributed by atoms with E-state index in [4.69, 9.17) is 4.74 Å². The number of rotatable bonds is 20. The molecule has 0 atom stereocenters. The lowest BCUT2D eigenvalue weighted by molar-refractivity contribution is -0.126. The summed E-state index contributed by atoms with van der Waals surface area (Å²) in [5.74, 6) is 0.475. The summed E-state index contributed by atoms with van der Waals surface area (Å²) >= 11 is 0. The molecule has 4 rings (SSSR count). The molecule has 4 amide bonds. The summed E-state index contributed by atoms with van der Waals surface area (Å²) in [4.78, 5) is 53.6. The molecule has 12 nitrogen and oxygen atoms in total. The van der Waals surface area contributed by atoms with Crippen LogP contribution in [0.4, 0.5) is 5.69 Å². The van der Waals surface area contributed by atoms with Crippen molar-refractivity contribution in [2.75, 3.05) is 23.8 Å². The summed E-state index contributed by atoms with van der Waals surface area (Å²) in [6.45, 7) is 19.7. The molecule has 56 heavy (non-hydrogen) atoms. The normalized spacial score (nSPS) is 12.9. The van der Waals surface area contributed by atoms with Crippen LogP contribution in [0.3, 0.4) is 0 Å². The maximum absolute atomic E-state index is 14.0.